The second kappa shape index (κ2) is 10.4. The van der Waals surface area contributed by atoms with Crippen molar-refractivity contribution in [3.63, 3.8) is 0 Å². The van der Waals surface area contributed by atoms with Gasteiger partial charge in [-0.05, 0) is 18.4 Å². The molecule has 1 aliphatic rings. The van der Waals surface area contributed by atoms with Crippen molar-refractivity contribution in [1.82, 2.24) is 19.7 Å². The highest BCUT2D eigenvalue weighted by atomic mass is 19.4. The Bertz CT molecular complexity index is 1190. The number of nitrogen functional groups attached to an aromatic ring is 1. The lowest BCUT2D eigenvalue weighted by molar-refractivity contribution is -0.204. The van der Waals surface area contributed by atoms with Gasteiger partial charge < -0.3 is 15.4 Å². The van der Waals surface area contributed by atoms with E-state index >= 15 is 0 Å². The number of piperidine rings is 1. The van der Waals surface area contributed by atoms with E-state index in [1.807, 2.05) is 0 Å². The first-order chi connectivity index (χ1) is 17.4. The lowest BCUT2D eigenvalue weighted by Crippen LogP contribution is -2.57. The molecule has 9 nitrogen and oxygen atoms in total. The first-order valence-electron chi connectivity index (χ1n) is 12.4. The molecule has 2 aromatic rings. The summed E-state index contributed by atoms with van der Waals surface area (Å²) in [6.07, 6.45) is -4.30. The molecule has 3 N–H and O–H groups in total. The Kier molecular flexibility index (Phi) is 7.95. The molecule has 1 aromatic heterocycles. The zero-order valence-corrected chi connectivity index (χ0v) is 22.5. The van der Waals surface area contributed by atoms with E-state index in [4.69, 9.17) is 15.9 Å². The number of nitrogens with two attached hydrogens (primary N) is 1. The predicted octanol–water partition coefficient (Wildman–Crippen LogP) is 4.51. The molecule has 0 spiro atoms. The van der Waals surface area contributed by atoms with Crippen LogP contribution in [0, 0.1) is 16.2 Å². The molecule has 1 aliphatic heterocycles. The number of halogens is 3. The van der Waals surface area contributed by atoms with E-state index in [0.29, 0.717) is 17.5 Å². The topological polar surface area (TPSA) is 127 Å². The summed E-state index contributed by atoms with van der Waals surface area (Å²) in [5.74, 6) is -2.66. The Labute approximate surface area is 220 Å². The number of ether oxygens (including phenoxy) is 1. The zero-order valence-electron chi connectivity index (χ0n) is 22.5. The summed E-state index contributed by atoms with van der Waals surface area (Å²) in [6.45, 7) is 9.63. The molecule has 1 saturated heterocycles. The van der Waals surface area contributed by atoms with Crippen molar-refractivity contribution in [2.45, 2.75) is 79.1 Å². The van der Waals surface area contributed by atoms with Crippen LogP contribution < -0.4 is 10.5 Å². The highest BCUT2D eigenvalue weighted by molar-refractivity contribution is 5.94. The van der Waals surface area contributed by atoms with Gasteiger partial charge in [0.1, 0.15) is 18.5 Å². The maximum atomic E-state index is 14.4. The maximum Gasteiger partial charge on any atom is 0.409 e. The number of amides is 1. The number of amidine groups is 1. The normalized spacial score (nSPS) is 18.8. The molecule has 2 atom stereocenters. The van der Waals surface area contributed by atoms with Crippen molar-refractivity contribution in [3.05, 3.63) is 41.2 Å². The van der Waals surface area contributed by atoms with Gasteiger partial charge >= 0.3 is 12.2 Å². The summed E-state index contributed by atoms with van der Waals surface area (Å²) in [5.41, 5.74) is 4.74. The van der Waals surface area contributed by atoms with E-state index in [0.717, 1.165) is 9.58 Å². The van der Waals surface area contributed by atoms with Crippen molar-refractivity contribution < 1.29 is 27.5 Å². The standard InChI is InChI=1S/C26H35F3N6O3/c1-24(2,3)21(36)34-13-7-8-17(18(34)26(27,28)29)20-32-23(35(33-20)22(37)25(4,5)6)38-14-15-9-11-16(12-10-15)19(30)31/h9-12,17-18H,7-8,13-14H2,1-6H3,(H3,30,31). The Hall–Kier alpha value is -3.44. The fourth-order valence-electron chi connectivity index (χ4n) is 4.27. The average molecular weight is 537 g/mol. The van der Waals surface area contributed by atoms with Crippen LogP contribution in [-0.2, 0) is 11.4 Å². The second-order valence-electron chi connectivity index (χ2n) is 11.6. The first kappa shape index (κ1) is 29.1. The van der Waals surface area contributed by atoms with Gasteiger partial charge in [-0.15, -0.1) is 9.78 Å². The van der Waals surface area contributed by atoms with Crippen molar-refractivity contribution >= 4 is 17.6 Å². The van der Waals surface area contributed by atoms with E-state index in [9.17, 15) is 22.8 Å². The van der Waals surface area contributed by atoms with Crippen LogP contribution in [0.3, 0.4) is 0 Å². The molecule has 12 heteroatoms. The summed E-state index contributed by atoms with van der Waals surface area (Å²) in [5, 5.41) is 11.7. The van der Waals surface area contributed by atoms with Crippen LogP contribution in [0.25, 0.3) is 0 Å². The van der Waals surface area contributed by atoms with Gasteiger partial charge in [0, 0.05) is 22.9 Å². The fraction of sp³-hybridized carbons (Fsp3) is 0.577. The minimum absolute atomic E-state index is 0.0297. The SMILES string of the molecule is CC(C)(C)C(=O)N1CCCC(c2nc(OCc3ccc(C(=N)N)cc3)n(C(=O)C(C)(C)C)n2)C1C(F)(F)F. The van der Waals surface area contributed by atoms with Gasteiger partial charge in [-0.2, -0.15) is 18.2 Å². The highest BCUT2D eigenvalue weighted by Crippen LogP contribution is 2.42. The quantitative estimate of drug-likeness (QED) is 0.428. The van der Waals surface area contributed by atoms with Crippen LogP contribution >= 0.6 is 0 Å². The molecule has 0 bridgehead atoms. The highest BCUT2D eigenvalue weighted by Gasteiger charge is 2.54. The molecule has 2 unspecified atom stereocenters. The minimum Gasteiger partial charge on any atom is -0.458 e. The van der Waals surface area contributed by atoms with Crippen molar-refractivity contribution in [2.75, 3.05) is 6.54 Å². The number of hydrogen-bond donors (Lipinski definition) is 2. The van der Waals surface area contributed by atoms with Gasteiger partial charge in [-0.25, -0.2) is 0 Å². The number of nitrogens with zero attached hydrogens (tertiary/aromatic N) is 4. The van der Waals surface area contributed by atoms with E-state index in [-0.39, 0.29) is 37.2 Å². The predicted molar refractivity (Wildman–Crippen MR) is 135 cm³/mol. The molecule has 1 fully saturated rings. The summed E-state index contributed by atoms with van der Waals surface area (Å²) < 4.78 is 49.9. The van der Waals surface area contributed by atoms with Gasteiger partial charge in [0.15, 0.2) is 5.82 Å². The average Bonchev–Trinajstić information content (AvgIpc) is 3.23. The Morgan fingerprint density at radius 3 is 2.13 bits per heavy atom. The van der Waals surface area contributed by atoms with Gasteiger partial charge in [-0.3, -0.25) is 15.0 Å². The number of likely N-dealkylation sites (tertiary alicyclic amines) is 1. The van der Waals surface area contributed by atoms with E-state index in [1.54, 1.807) is 65.8 Å². The van der Waals surface area contributed by atoms with Crippen molar-refractivity contribution in [1.29, 1.82) is 5.41 Å². The lowest BCUT2D eigenvalue weighted by Gasteiger charge is -2.43. The summed E-state index contributed by atoms with van der Waals surface area (Å²) in [7, 11) is 0. The van der Waals surface area contributed by atoms with Crippen molar-refractivity contribution in [3.8, 4) is 6.01 Å². The third-order valence-corrected chi connectivity index (χ3v) is 6.26. The van der Waals surface area contributed by atoms with Crippen LogP contribution in [0.15, 0.2) is 24.3 Å². The largest absolute Gasteiger partial charge is 0.458 e. The molecule has 3 rings (SSSR count). The van der Waals surface area contributed by atoms with Gasteiger partial charge in [0.2, 0.25) is 5.91 Å². The van der Waals surface area contributed by atoms with Gasteiger partial charge in [-0.1, -0.05) is 65.8 Å². The van der Waals surface area contributed by atoms with Crippen LogP contribution in [0.4, 0.5) is 13.2 Å². The number of benzene rings is 1. The molecule has 2 heterocycles. The molecule has 208 valence electrons. The van der Waals surface area contributed by atoms with Crippen LogP contribution in [0.5, 0.6) is 6.01 Å². The Morgan fingerprint density at radius 1 is 1.05 bits per heavy atom. The number of carbonyl (C=O) groups is 2. The van der Waals surface area contributed by atoms with E-state index < -0.39 is 40.8 Å². The van der Waals surface area contributed by atoms with E-state index in [1.165, 1.54) is 0 Å². The van der Waals surface area contributed by atoms with E-state index in [2.05, 4.69) is 10.1 Å². The maximum absolute atomic E-state index is 14.4. The number of rotatable bonds is 5. The van der Waals surface area contributed by atoms with Crippen LogP contribution in [-0.4, -0.2) is 56.1 Å². The van der Waals surface area contributed by atoms with Gasteiger partial charge in [0.05, 0.1) is 5.92 Å². The monoisotopic (exact) mass is 536 g/mol. The van der Waals surface area contributed by atoms with Crippen molar-refractivity contribution in [2.24, 2.45) is 16.6 Å². The summed E-state index contributed by atoms with van der Waals surface area (Å²) in [4.78, 5) is 31.3. The Balaban J connectivity index is 2.00. The molecule has 38 heavy (non-hydrogen) atoms. The number of alkyl halides is 3. The number of nitrogens with one attached hydrogen (secondary N) is 1. The number of carbonyl (C=O) groups excluding carboxylic acids is 2. The molecule has 0 saturated carbocycles. The van der Waals surface area contributed by atoms with Crippen LogP contribution in [0.1, 0.15) is 82.0 Å². The molecule has 0 aliphatic carbocycles. The smallest absolute Gasteiger partial charge is 0.409 e. The minimum atomic E-state index is -4.73. The molecular weight excluding hydrogens is 501 g/mol. The summed E-state index contributed by atoms with van der Waals surface area (Å²) >= 11 is 0. The third kappa shape index (κ3) is 6.33. The number of aromatic nitrogens is 3. The Morgan fingerprint density at radius 2 is 1.63 bits per heavy atom. The molecule has 1 aromatic carbocycles. The zero-order chi connectivity index (χ0) is 28.6. The summed E-state index contributed by atoms with van der Waals surface area (Å²) in [6, 6.07) is 4.27. The molecular formula is C26H35F3N6O3. The second-order valence-corrected chi connectivity index (χ2v) is 11.6. The molecule has 1 amide bonds. The lowest BCUT2D eigenvalue weighted by atomic mass is 9.85. The first-order valence-corrected chi connectivity index (χ1v) is 12.4. The van der Waals surface area contributed by atoms with Crippen LogP contribution in [0.2, 0.25) is 0 Å². The fourth-order valence-corrected chi connectivity index (χ4v) is 4.27. The van der Waals surface area contributed by atoms with Gasteiger partial charge in [0.25, 0.3) is 5.91 Å². The third-order valence-electron chi connectivity index (χ3n) is 6.26. The molecule has 0 radical (unpaired) electrons. The number of hydrogen-bond acceptors (Lipinski definition) is 6.